The number of halogens is 2. The Kier molecular flexibility index (Phi) is 5.54. The number of amides is 1. The maximum atomic E-state index is 12.9. The zero-order valence-electron chi connectivity index (χ0n) is 12.2. The van der Waals surface area contributed by atoms with Gasteiger partial charge in [0.25, 0.3) is 0 Å². The van der Waals surface area contributed by atoms with E-state index in [1.54, 1.807) is 6.07 Å². The highest BCUT2D eigenvalue weighted by molar-refractivity contribution is 6.31. The number of rotatable bonds is 5. The number of aromatic hydroxyl groups is 1. The van der Waals surface area contributed by atoms with Gasteiger partial charge in [0.05, 0.1) is 19.7 Å². The molecule has 23 heavy (non-hydrogen) atoms. The first kappa shape index (κ1) is 16.8. The molecule has 0 aromatic heterocycles. The molecular weight excluding hydrogens is 323 g/mol. The van der Waals surface area contributed by atoms with Crippen LogP contribution >= 0.6 is 11.6 Å². The molecule has 0 aliphatic carbocycles. The number of phenols is 1. The summed E-state index contributed by atoms with van der Waals surface area (Å²) in [5, 5.41) is 13.4. The van der Waals surface area contributed by atoms with Crippen molar-refractivity contribution in [3.05, 3.63) is 58.4 Å². The van der Waals surface area contributed by atoms with Crippen LogP contribution in [0.15, 0.2) is 41.5 Å². The van der Waals surface area contributed by atoms with Crippen LogP contribution in [-0.4, -0.2) is 24.3 Å². The number of carbonyl (C=O) groups excluding carboxylic acids is 1. The van der Waals surface area contributed by atoms with Crippen LogP contribution in [0.4, 0.5) is 4.39 Å². The largest absolute Gasteiger partial charge is 0.508 e. The van der Waals surface area contributed by atoms with Crippen LogP contribution in [0.1, 0.15) is 11.1 Å². The van der Waals surface area contributed by atoms with Gasteiger partial charge in [-0.3, -0.25) is 4.79 Å². The van der Waals surface area contributed by atoms with E-state index >= 15 is 0 Å². The third-order valence-corrected chi connectivity index (χ3v) is 3.33. The van der Waals surface area contributed by atoms with Gasteiger partial charge in [-0.05, 0) is 29.8 Å². The summed E-state index contributed by atoms with van der Waals surface area (Å²) in [4.78, 5) is 11.8. The lowest BCUT2D eigenvalue weighted by Gasteiger charge is -2.05. The number of benzene rings is 2. The predicted molar refractivity (Wildman–Crippen MR) is 85.5 cm³/mol. The number of ether oxygens (including phenoxy) is 1. The van der Waals surface area contributed by atoms with Gasteiger partial charge in [0.1, 0.15) is 17.3 Å². The van der Waals surface area contributed by atoms with E-state index < -0.39 is 11.7 Å². The number of hydrogen-bond acceptors (Lipinski definition) is 4. The van der Waals surface area contributed by atoms with Gasteiger partial charge in [0.15, 0.2) is 0 Å². The molecule has 2 aromatic rings. The van der Waals surface area contributed by atoms with Crippen molar-refractivity contribution < 1.29 is 19.0 Å². The van der Waals surface area contributed by atoms with Crippen molar-refractivity contribution >= 4 is 23.7 Å². The molecule has 1 amide bonds. The Morgan fingerprint density at radius 3 is 2.87 bits per heavy atom. The molecule has 0 bridgehead atoms. The van der Waals surface area contributed by atoms with Gasteiger partial charge >= 0.3 is 0 Å². The molecule has 2 N–H and O–H groups in total. The fraction of sp³-hybridized carbons (Fsp3) is 0.125. The second-order valence-electron chi connectivity index (χ2n) is 4.63. The molecule has 7 heteroatoms. The van der Waals surface area contributed by atoms with Crippen LogP contribution in [0.2, 0.25) is 5.02 Å². The van der Waals surface area contributed by atoms with Crippen LogP contribution in [-0.2, 0) is 11.2 Å². The van der Waals surface area contributed by atoms with Crippen molar-refractivity contribution in [2.45, 2.75) is 6.42 Å². The van der Waals surface area contributed by atoms with E-state index in [-0.39, 0.29) is 17.2 Å². The molecule has 0 unspecified atom stereocenters. The molecule has 0 aliphatic rings. The lowest BCUT2D eigenvalue weighted by atomic mass is 10.1. The van der Waals surface area contributed by atoms with E-state index in [2.05, 4.69) is 10.5 Å². The first-order valence-corrected chi connectivity index (χ1v) is 7.00. The van der Waals surface area contributed by atoms with Crippen molar-refractivity contribution in [2.24, 2.45) is 5.10 Å². The molecule has 2 rings (SSSR count). The van der Waals surface area contributed by atoms with Crippen molar-refractivity contribution in [1.29, 1.82) is 0 Å². The Morgan fingerprint density at radius 1 is 1.39 bits per heavy atom. The zero-order chi connectivity index (χ0) is 16.8. The summed E-state index contributed by atoms with van der Waals surface area (Å²) >= 11 is 5.86. The van der Waals surface area contributed by atoms with Crippen LogP contribution in [0, 0.1) is 5.82 Å². The number of methoxy groups -OCH3 is 1. The van der Waals surface area contributed by atoms with E-state index in [1.807, 2.05) is 0 Å². The van der Waals surface area contributed by atoms with Crippen molar-refractivity contribution in [2.75, 3.05) is 7.11 Å². The minimum atomic E-state index is -0.461. The number of hydrazone groups is 1. The second kappa shape index (κ2) is 7.60. The molecule has 0 atom stereocenters. The number of nitrogens with zero attached hydrogens (tertiary/aromatic N) is 1. The van der Waals surface area contributed by atoms with Crippen molar-refractivity contribution in [3.63, 3.8) is 0 Å². The Hall–Kier alpha value is -2.60. The monoisotopic (exact) mass is 336 g/mol. The third kappa shape index (κ3) is 4.69. The van der Waals surface area contributed by atoms with E-state index in [9.17, 15) is 14.3 Å². The van der Waals surface area contributed by atoms with Crippen molar-refractivity contribution in [1.82, 2.24) is 5.43 Å². The lowest BCUT2D eigenvalue weighted by Crippen LogP contribution is -2.20. The Bertz CT molecular complexity index is 750. The Morgan fingerprint density at radius 2 is 2.17 bits per heavy atom. The number of nitrogens with one attached hydrogen (secondary N) is 1. The third-order valence-electron chi connectivity index (χ3n) is 2.98. The first-order valence-electron chi connectivity index (χ1n) is 6.62. The quantitative estimate of drug-likeness (QED) is 0.651. The molecule has 2 aromatic carbocycles. The minimum Gasteiger partial charge on any atom is -0.508 e. The van der Waals surface area contributed by atoms with Gasteiger partial charge in [-0.25, -0.2) is 9.82 Å². The Labute approximate surface area is 137 Å². The van der Waals surface area contributed by atoms with Crippen LogP contribution in [0.5, 0.6) is 11.5 Å². The molecular formula is C16H14ClFN2O3. The minimum absolute atomic E-state index is 0.0246. The Balaban J connectivity index is 1.99. The summed E-state index contributed by atoms with van der Waals surface area (Å²) < 4.78 is 18.0. The fourth-order valence-corrected chi connectivity index (χ4v) is 2.09. The van der Waals surface area contributed by atoms with Gasteiger partial charge < -0.3 is 9.84 Å². The van der Waals surface area contributed by atoms with E-state index in [4.69, 9.17) is 16.3 Å². The van der Waals surface area contributed by atoms with Crippen LogP contribution in [0.25, 0.3) is 0 Å². The van der Waals surface area contributed by atoms with Crippen LogP contribution < -0.4 is 10.2 Å². The standard InChI is InChI=1S/C16H14ClFN2O3/c1-23-15-8-13(21)5-3-11(15)9-19-20-16(22)6-10-2-4-12(18)7-14(10)17/h2-5,7-9,21H,6H2,1H3,(H,20,22)/b19-9+. The topological polar surface area (TPSA) is 70.9 Å². The molecule has 120 valence electrons. The van der Waals surface area contributed by atoms with Gasteiger partial charge in [-0.1, -0.05) is 17.7 Å². The first-order chi connectivity index (χ1) is 11.0. The van der Waals surface area contributed by atoms with Gasteiger partial charge in [0.2, 0.25) is 5.91 Å². The molecule has 5 nitrogen and oxygen atoms in total. The van der Waals surface area contributed by atoms with E-state index in [0.717, 1.165) is 6.07 Å². The molecule has 0 heterocycles. The maximum Gasteiger partial charge on any atom is 0.244 e. The molecule has 0 fully saturated rings. The maximum absolute atomic E-state index is 12.9. The van der Waals surface area contributed by atoms with Gasteiger partial charge in [0, 0.05) is 16.7 Å². The predicted octanol–water partition coefficient (Wildman–Crippen LogP) is 2.89. The zero-order valence-corrected chi connectivity index (χ0v) is 13.0. The average Bonchev–Trinajstić information content (AvgIpc) is 2.51. The highest BCUT2D eigenvalue weighted by Crippen LogP contribution is 2.22. The summed E-state index contributed by atoms with van der Waals surface area (Å²) in [6.45, 7) is 0. The molecule has 0 saturated carbocycles. The normalized spacial score (nSPS) is 10.7. The van der Waals surface area contributed by atoms with Crippen LogP contribution in [0.3, 0.4) is 0 Å². The SMILES string of the molecule is COc1cc(O)ccc1/C=N/NC(=O)Cc1ccc(F)cc1Cl. The average molecular weight is 337 g/mol. The summed E-state index contributed by atoms with van der Waals surface area (Å²) in [7, 11) is 1.46. The molecule has 0 radical (unpaired) electrons. The molecule has 0 saturated heterocycles. The van der Waals surface area contributed by atoms with Crippen molar-refractivity contribution in [3.8, 4) is 11.5 Å². The van der Waals surface area contributed by atoms with E-state index in [0.29, 0.717) is 16.9 Å². The summed E-state index contributed by atoms with van der Waals surface area (Å²) in [5.74, 6) is -0.373. The van der Waals surface area contributed by atoms with Gasteiger partial charge in [-0.2, -0.15) is 5.10 Å². The summed E-state index contributed by atoms with van der Waals surface area (Å²) in [5.41, 5.74) is 3.44. The van der Waals surface area contributed by atoms with Gasteiger partial charge in [-0.15, -0.1) is 0 Å². The second-order valence-corrected chi connectivity index (χ2v) is 5.04. The highest BCUT2D eigenvalue weighted by Gasteiger charge is 2.07. The molecule has 0 spiro atoms. The smallest absolute Gasteiger partial charge is 0.244 e. The lowest BCUT2D eigenvalue weighted by molar-refractivity contribution is -0.120. The summed E-state index contributed by atoms with van der Waals surface area (Å²) in [6.07, 6.45) is 1.37. The number of hydrogen-bond donors (Lipinski definition) is 2. The number of phenolic OH excluding ortho intramolecular Hbond substituents is 1. The number of carbonyl (C=O) groups is 1. The fourth-order valence-electron chi connectivity index (χ4n) is 1.86. The highest BCUT2D eigenvalue weighted by atomic mass is 35.5. The van der Waals surface area contributed by atoms with E-state index in [1.165, 1.54) is 37.6 Å². The summed E-state index contributed by atoms with van der Waals surface area (Å²) in [6, 6.07) is 8.34. The molecule has 0 aliphatic heterocycles.